The van der Waals surface area contributed by atoms with Gasteiger partial charge in [0, 0.05) is 17.9 Å². The molecule has 1 heterocycles. The molecular formula is C14H19N5OS. The molecule has 0 radical (unpaired) electrons. The maximum absolute atomic E-state index is 10.1. The van der Waals surface area contributed by atoms with E-state index in [2.05, 4.69) is 9.97 Å². The van der Waals surface area contributed by atoms with Crippen molar-refractivity contribution in [2.45, 2.75) is 23.7 Å². The summed E-state index contributed by atoms with van der Waals surface area (Å²) in [7, 11) is 0. The van der Waals surface area contributed by atoms with Crippen molar-refractivity contribution in [3.05, 3.63) is 42.0 Å². The van der Waals surface area contributed by atoms with Gasteiger partial charge in [-0.3, -0.25) is 0 Å². The van der Waals surface area contributed by atoms with Gasteiger partial charge in [0.1, 0.15) is 11.6 Å². The Morgan fingerprint density at radius 2 is 1.71 bits per heavy atom. The third-order valence-electron chi connectivity index (χ3n) is 2.94. The second-order valence-electron chi connectivity index (χ2n) is 4.73. The Morgan fingerprint density at radius 1 is 1.10 bits per heavy atom. The fourth-order valence-electron chi connectivity index (χ4n) is 1.83. The molecule has 7 N–H and O–H groups in total. The fraction of sp³-hybridized carbons (Fsp3) is 0.286. The van der Waals surface area contributed by atoms with Crippen LogP contribution >= 0.6 is 11.8 Å². The second-order valence-corrected chi connectivity index (χ2v) is 5.72. The summed E-state index contributed by atoms with van der Waals surface area (Å²) in [6.45, 7) is 0. The van der Waals surface area contributed by atoms with Crippen LogP contribution in [0.2, 0.25) is 0 Å². The molecule has 0 saturated heterocycles. The Kier molecular flexibility index (Phi) is 5.38. The maximum atomic E-state index is 10.1. The average Bonchev–Trinajstić information content (AvgIpc) is 2.44. The van der Waals surface area contributed by atoms with Crippen LogP contribution in [-0.4, -0.2) is 33.0 Å². The topological polar surface area (TPSA) is 124 Å². The number of thioether (sulfide) groups is 1. The van der Waals surface area contributed by atoms with Crippen molar-refractivity contribution in [2.75, 3.05) is 17.2 Å². The number of rotatable bonds is 6. The zero-order chi connectivity index (χ0) is 15.2. The third kappa shape index (κ3) is 4.89. The minimum atomic E-state index is -0.665. The number of benzene rings is 1. The monoisotopic (exact) mass is 305 g/mol. The Balaban J connectivity index is 1.87. The minimum absolute atomic E-state index is 0.313. The van der Waals surface area contributed by atoms with Crippen LogP contribution in [0, 0.1) is 0 Å². The number of nitrogen functional groups attached to an aromatic ring is 2. The molecule has 0 amide bonds. The first kappa shape index (κ1) is 15.6. The van der Waals surface area contributed by atoms with Crippen LogP contribution in [0.4, 0.5) is 11.6 Å². The minimum Gasteiger partial charge on any atom is -0.391 e. The molecule has 2 unspecified atom stereocenters. The number of anilines is 2. The molecule has 0 aliphatic rings. The van der Waals surface area contributed by atoms with E-state index in [9.17, 15) is 5.11 Å². The molecule has 1 aromatic heterocycles. The van der Waals surface area contributed by atoms with Crippen molar-refractivity contribution in [3.8, 4) is 0 Å². The summed E-state index contributed by atoms with van der Waals surface area (Å²) in [5.41, 5.74) is 18.3. The van der Waals surface area contributed by atoms with E-state index in [0.29, 0.717) is 29.0 Å². The SMILES string of the molecule is Nc1cc(N)nc(SCC(O)C(N)Cc2ccccc2)n1. The number of aromatic nitrogens is 2. The molecule has 0 aliphatic carbocycles. The predicted octanol–water partition coefficient (Wildman–Crippen LogP) is 0.664. The molecule has 2 atom stereocenters. The molecular weight excluding hydrogens is 286 g/mol. The van der Waals surface area contributed by atoms with Crippen LogP contribution in [0.25, 0.3) is 0 Å². The predicted molar refractivity (Wildman–Crippen MR) is 85.7 cm³/mol. The molecule has 0 fully saturated rings. The van der Waals surface area contributed by atoms with E-state index < -0.39 is 6.10 Å². The van der Waals surface area contributed by atoms with Gasteiger partial charge in [0.15, 0.2) is 5.16 Å². The Morgan fingerprint density at radius 3 is 2.33 bits per heavy atom. The molecule has 0 spiro atoms. The van der Waals surface area contributed by atoms with E-state index in [1.807, 2.05) is 30.3 Å². The highest BCUT2D eigenvalue weighted by molar-refractivity contribution is 7.99. The number of hydrogen-bond donors (Lipinski definition) is 4. The summed E-state index contributed by atoms with van der Waals surface area (Å²) in [5, 5.41) is 10.6. The summed E-state index contributed by atoms with van der Waals surface area (Å²) < 4.78 is 0. The maximum Gasteiger partial charge on any atom is 0.191 e. The highest BCUT2D eigenvalue weighted by Crippen LogP contribution is 2.18. The van der Waals surface area contributed by atoms with E-state index in [-0.39, 0.29) is 6.04 Å². The van der Waals surface area contributed by atoms with E-state index in [4.69, 9.17) is 17.2 Å². The molecule has 1 aromatic carbocycles. The molecule has 112 valence electrons. The van der Waals surface area contributed by atoms with Crippen molar-refractivity contribution in [2.24, 2.45) is 5.73 Å². The fourth-order valence-corrected chi connectivity index (χ4v) is 2.74. The van der Waals surface area contributed by atoms with Crippen LogP contribution in [-0.2, 0) is 6.42 Å². The lowest BCUT2D eigenvalue weighted by Gasteiger charge is -2.18. The van der Waals surface area contributed by atoms with Crippen molar-refractivity contribution in [3.63, 3.8) is 0 Å². The van der Waals surface area contributed by atoms with Gasteiger partial charge in [-0.25, -0.2) is 9.97 Å². The van der Waals surface area contributed by atoms with Crippen molar-refractivity contribution >= 4 is 23.4 Å². The van der Waals surface area contributed by atoms with E-state index >= 15 is 0 Å². The molecule has 7 heteroatoms. The lowest BCUT2D eigenvalue weighted by molar-refractivity contribution is 0.167. The highest BCUT2D eigenvalue weighted by atomic mass is 32.2. The van der Waals surface area contributed by atoms with Crippen molar-refractivity contribution < 1.29 is 5.11 Å². The van der Waals surface area contributed by atoms with Gasteiger partial charge in [-0.1, -0.05) is 42.1 Å². The first-order valence-electron chi connectivity index (χ1n) is 6.55. The molecule has 2 aromatic rings. The lowest BCUT2D eigenvalue weighted by atomic mass is 10.0. The first-order chi connectivity index (χ1) is 10.0. The van der Waals surface area contributed by atoms with Gasteiger partial charge in [-0.05, 0) is 12.0 Å². The van der Waals surface area contributed by atoms with E-state index in [1.165, 1.54) is 17.8 Å². The van der Waals surface area contributed by atoms with Gasteiger partial charge in [-0.2, -0.15) is 0 Å². The summed E-state index contributed by atoms with van der Waals surface area (Å²) in [5.74, 6) is 1.01. The van der Waals surface area contributed by atoms with Gasteiger partial charge in [0.25, 0.3) is 0 Å². The van der Waals surface area contributed by atoms with Gasteiger partial charge >= 0.3 is 0 Å². The van der Waals surface area contributed by atoms with Crippen LogP contribution in [0.5, 0.6) is 0 Å². The zero-order valence-corrected chi connectivity index (χ0v) is 12.3. The van der Waals surface area contributed by atoms with Gasteiger partial charge in [-0.15, -0.1) is 0 Å². The summed E-state index contributed by atoms with van der Waals surface area (Å²) in [4.78, 5) is 8.09. The second kappa shape index (κ2) is 7.26. The summed E-state index contributed by atoms with van der Waals surface area (Å²) >= 11 is 1.28. The number of aliphatic hydroxyl groups excluding tert-OH is 1. The normalized spacial score (nSPS) is 13.8. The number of aliphatic hydroxyl groups is 1. The quantitative estimate of drug-likeness (QED) is 0.456. The largest absolute Gasteiger partial charge is 0.391 e. The molecule has 21 heavy (non-hydrogen) atoms. The average molecular weight is 305 g/mol. The lowest BCUT2D eigenvalue weighted by Crippen LogP contribution is -2.38. The highest BCUT2D eigenvalue weighted by Gasteiger charge is 2.16. The number of nitrogens with two attached hydrogens (primary N) is 3. The standard InChI is InChI=1S/C14H19N5OS/c15-10(6-9-4-2-1-3-5-9)11(20)8-21-14-18-12(16)7-13(17)19-14/h1-5,7,10-11,20H,6,8,15H2,(H4,16,17,18,19). The zero-order valence-electron chi connectivity index (χ0n) is 11.5. The molecule has 6 nitrogen and oxygen atoms in total. The molecule has 0 aliphatic heterocycles. The van der Waals surface area contributed by atoms with Crippen LogP contribution in [0.15, 0.2) is 41.6 Å². The summed E-state index contributed by atoms with van der Waals surface area (Å²) in [6, 6.07) is 11.0. The molecule has 2 rings (SSSR count). The third-order valence-corrected chi connectivity index (χ3v) is 3.89. The van der Waals surface area contributed by atoms with Crippen LogP contribution < -0.4 is 17.2 Å². The van der Waals surface area contributed by atoms with Gasteiger partial charge < -0.3 is 22.3 Å². The first-order valence-corrected chi connectivity index (χ1v) is 7.53. The van der Waals surface area contributed by atoms with Crippen molar-refractivity contribution in [1.82, 2.24) is 9.97 Å². The Bertz CT molecular complexity index is 561. The Labute approximate surface area is 127 Å². The summed E-state index contributed by atoms with van der Waals surface area (Å²) in [6.07, 6.45) is -0.0517. The number of nitrogens with zero attached hydrogens (tertiary/aromatic N) is 2. The van der Waals surface area contributed by atoms with Crippen LogP contribution in [0.3, 0.4) is 0 Å². The van der Waals surface area contributed by atoms with Crippen LogP contribution in [0.1, 0.15) is 5.56 Å². The van der Waals surface area contributed by atoms with E-state index in [0.717, 1.165) is 5.56 Å². The molecule has 0 bridgehead atoms. The van der Waals surface area contributed by atoms with E-state index in [1.54, 1.807) is 0 Å². The van der Waals surface area contributed by atoms with Gasteiger partial charge in [0.05, 0.1) is 6.10 Å². The smallest absolute Gasteiger partial charge is 0.191 e. The Hall–Kier alpha value is -1.83. The van der Waals surface area contributed by atoms with Gasteiger partial charge in [0.2, 0.25) is 0 Å². The molecule has 0 saturated carbocycles. The number of hydrogen-bond acceptors (Lipinski definition) is 7. The van der Waals surface area contributed by atoms with Crippen molar-refractivity contribution in [1.29, 1.82) is 0 Å².